The first-order chi connectivity index (χ1) is 12.1. The Morgan fingerprint density at radius 1 is 1.12 bits per heavy atom. The fourth-order valence-corrected chi connectivity index (χ4v) is 2.47. The first-order valence-electron chi connectivity index (χ1n) is 8.47. The van der Waals surface area contributed by atoms with E-state index in [-0.39, 0.29) is 18.6 Å². The number of rotatable bonds is 9. The number of hydrogen-bond donors (Lipinski definition) is 3. The Balaban J connectivity index is 1.76. The first-order valence-corrected chi connectivity index (χ1v) is 8.47. The summed E-state index contributed by atoms with van der Waals surface area (Å²) in [5.41, 5.74) is 2.08. The summed E-state index contributed by atoms with van der Waals surface area (Å²) in [6, 6.07) is 17.6. The molecule has 0 fully saturated rings. The van der Waals surface area contributed by atoms with E-state index in [2.05, 4.69) is 17.6 Å². The highest BCUT2D eigenvalue weighted by Gasteiger charge is 2.09. The molecule has 0 radical (unpaired) electrons. The van der Waals surface area contributed by atoms with Gasteiger partial charge in [0.05, 0.1) is 6.10 Å². The molecule has 134 valence electrons. The average Bonchev–Trinajstić information content (AvgIpc) is 2.66. The fraction of sp³-hybridized carbons (Fsp3) is 0.350. The Hall–Kier alpha value is -2.37. The lowest BCUT2D eigenvalue weighted by atomic mass is 10.1. The summed E-state index contributed by atoms with van der Waals surface area (Å²) in [7, 11) is 1.58. The molecule has 0 aromatic heterocycles. The van der Waals surface area contributed by atoms with Crippen LogP contribution in [0.3, 0.4) is 0 Å². The van der Waals surface area contributed by atoms with E-state index in [1.54, 1.807) is 7.05 Å². The van der Waals surface area contributed by atoms with E-state index in [0.717, 1.165) is 12.0 Å². The lowest BCUT2D eigenvalue weighted by molar-refractivity contribution is -0.122. The van der Waals surface area contributed by atoms with E-state index in [4.69, 9.17) is 4.74 Å². The molecule has 2 aromatic carbocycles. The molecule has 0 aliphatic heterocycles. The monoisotopic (exact) mass is 342 g/mol. The van der Waals surface area contributed by atoms with Gasteiger partial charge in [-0.2, -0.15) is 0 Å². The van der Waals surface area contributed by atoms with Crippen molar-refractivity contribution in [2.45, 2.75) is 25.5 Å². The molecule has 2 aromatic rings. The number of aliphatic hydroxyl groups excluding tert-OH is 1. The molecule has 0 bridgehead atoms. The lowest BCUT2D eigenvalue weighted by Gasteiger charge is -2.17. The van der Waals surface area contributed by atoms with E-state index in [0.29, 0.717) is 12.3 Å². The van der Waals surface area contributed by atoms with Gasteiger partial charge in [-0.15, -0.1) is 0 Å². The highest BCUT2D eigenvalue weighted by atomic mass is 16.5. The number of nitrogens with one attached hydrogen (secondary N) is 2. The van der Waals surface area contributed by atoms with Crippen LogP contribution in [0, 0.1) is 0 Å². The number of carbonyl (C=O) groups is 1. The second kappa shape index (κ2) is 9.81. The number of ether oxygens (including phenoxy) is 1. The number of likely N-dealkylation sites (N-methyl/N-ethyl adjacent to an activating group) is 1. The molecule has 5 heteroatoms. The maximum atomic E-state index is 11.2. The van der Waals surface area contributed by atoms with Crippen molar-refractivity contribution < 1.29 is 14.6 Å². The van der Waals surface area contributed by atoms with Gasteiger partial charge in [0, 0.05) is 19.6 Å². The molecule has 0 heterocycles. The molecule has 2 unspecified atom stereocenters. The maximum Gasteiger partial charge on any atom is 0.257 e. The number of hydrogen-bond acceptors (Lipinski definition) is 4. The van der Waals surface area contributed by atoms with Gasteiger partial charge in [0.15, 0.2) is 6.61 Å². The highest BCUT2D eigenvalue weighted by Crippen LogP contribution is 2.14. The first kappa shape index (κ1) is 19.0. The van der Waals surface area contributed by atoms with Crippen LogP contribution in [-0.2, 0) is 11.2 Å². The van der Waals surface area contributed by atoms with E-state index in [1.165, 1.54) is 5.56 Å². The summed E-state index contributed by atoms with van der Waals surface area (Å²) in [6.07, 6.45) is 0.334. The van der Waals surface area contributed by atoms with Gasteiger partial charge in [-0.25, -0.2) is 0 Å². The summed E-state index contributed by atoms with van der Waals surface area (Å²) in [5, 5.41) is 16.1. The molecule has 5 nitrogen and oxygen atoms in total. The molecule has 0 saturated heterocycles. The van der Waals surface area contributed by atoms with Crippen molar-refractivity contribution in [1.29, 1.82) is 0 Å². The number of benzene rings is 2. The number of aliphatic hydroxyl groups is 1. The maximum absolute atomic E-state index is 11.2. The molecule has 0 spiro atoms. The van der Waals surface area contributed by atoms with Crippen molar-refractivity contribution in [3.8, 4) is 5.75 Å². The van der Waals surface area contributed by atoms with Crippen LogP contribution in [0.2, 0.25) is 0 Å². The standard InChI is InChI=1S/C20H26N2O3/c1-15(22-13-19(23)17-6-4-3-5-7-17)12-16-8-10-18(11-9-16)25-14-20(24)21-2/h3-11,15,19,22-23H,12-14H2,1-2H3,(H,21,24). The van der Waals surface area contributed by atoms with Gasteiger partial charge in [-0.3, -0.25) is 4.79 Å². The molecule has 2 rings (SSSR count). The second-order valence-corrected chi connectivity index (χ2v) is 6.05. The predicted octanol–water partition coefficient (Wildman–Crippen LogP) is 2.07. The van der Waals surface area contributed by atoms with Crippen molar-refractivity contribution in [2.24, 2.45) is 0 Å². The highest BCUT2D eigenvalue weighted by molar-refractivity contribution is 5.77. The summed E-state index contributed by atoms with van der Waals surface area (Å²) < 4.78 is 5.39. The minimum atomic E-state index is -0.510. The van der Waals surface area contributed by atoms with Crippen molar-refractivity contribution in [3.05, 3.63) is 65.7 Å². The quantitative estimate of drug-likeness (QED) is 0.652. The Labute approximate surface area is 149 Å². The molecule has 3 N–H and O–H groups in total. The molecule has 25 heavy (non-hydrogen) atoms. The zero-order valence-electron chi connectivity index (χ0n) is 14.7. The SMILES string of the molecule is CNC(=O)COc1ccc(CC(C)NCC(O)c2ccccc2)cc1. The van der Waals surface area contributed by atoms with Crippen molar-refractivity contribution in [2.75, 3.05) is 20.2 Å². The van der Waals surface area contributed by atoms with Crippen molar-refractivity contribution >= 4 is 5.91 Å². The Bertz CT molecular complexity index is 644. The summed E-state index contributed by atoms with van der Waals surface area (Å²) in [4.78, 5) is 11.2. The van der Waals surface area contributed by atoms with Crippen LogP contribution < -0.4 is 15.4 Å². The third kappa shape index (κ3) is 6.57. The summed E-state index contributed by atoms with van der Waals surface area (Å²) >= 11 is 0. The number of carbonyl (C=O) groups excluding carboxylic acids is 1. The van der Waals surface area contributed by atoms with Crippen LogP contribution in [0.5, 0.6) is 5.75 Å². The van der Waals surface area contributed by atoms with Gasteiger partial charge in [-0.1, -0.05) is 42.5 Å². The topological polar surface area (TPSA) is 70.6 Å². The third-order valence-electron chi connectivity index (χ3n) is 3.96. The minimum Gasteiger partial charge on any atom is -0.484 e. The lowest BCUT2D eigenvalue weighted by Crippen LogP contribution is -2.32. The zero-order valence-corrected chi connectivity index (χ0v) is 14.7. The smallest absolute Gasteiger partial charge is 0.257 e. The second-order valence-electron chi connectivity index (χ2n) is 6.05. The van der Waals surface area contributed by atoms with Crippen LogP contribution in [-0.4, -0.2) is 37.3 Å². The van der Waals surface area contributed by atoms with Crippen LogP contribution in [0.25, 0.3) is 0 Å². The van der Waals surface area contributed by atoms with Crippen LogP contribution in [0.1, 0.15) is 24.2 Å². The van der Waals surface area contributed by atoms with Crippen LogP contribution in [0.4, 0.5) is 0 Å². The van der Waals surface area contributed by atoms with Gasteiger partial charge < -0.3 is 20.5 Å². The molecule has 0 aliphatic carbocycles. The van der Waals surface area contributed by atoms with Crippen molar-refractivity contribution in [1.82, 2.24) is 10.6 Å². The predicted molar refractivity (Wildman–Crippen MR) is 98.6 cm³/mol. The third-order valence-corrected chi connectivity index (χ3v) is 3.96. The van der Waals surface area contributed by atoms with Crippen molar-refractivity contribution in [3.63, 3.8) is 0 Å². The molecule has 1 amide bonds. The average molecular weight is 342 g/mol. The molecular weight excluding hydrogens is 316 g/mol. The molecule has 0 saturated carbocycles. The van der Waals surface area contributed by atoms with Gasteiger partial charge >= 0.3 is 0 Å². The fourth-order valence-electron chi connectivity index (χ4n) is 2.47. The van der Waals surface area contributed by atoms with Gasteiger partial charge in [-0.05, 0) is 36.6 Å². The van der Waals surface area contributed by atoms with E-state index in [1.807, 2.05) is 54.6 Å². The van der Waals surface area contributed by atoms with Crippen LogP contribution in [0.15, 0.2) is 54.6 Å². The Morgan fingerprint density at radius 3 is 2.44 bits per heavy atom. The van der Waals surface area contributed by atoms with E-state index in [9.17, 15) is 9.90 Å². The summed E-state index contributed by atoms with van der Waals surface area (Å²) in [6.45, 7) is 2.62. The molecule has 2 atom stereocenters. The van der Waals surface area contributed by atoms with Gasteiger partial charge in [0.25, 0.3) is 5.91 Å². The largest absolute Gasteiger partial charge is 0.484 e. The molecular formula is C20H26N2O3. The van der Waals surface area contributed by atoms with Gasteiger partial charge in [0.2, 0.25) is 0 Å². The zero-order chi connectivity index (χ0) is 18.1. The summed E-state index contributed by atoms with van der Waals surface area (Å²) in [5.74, 6) is 0.520. The van der Waals surface area contributed by atoms with E-state index < -0.39 is 6.10 Å². The van der Waals surface area contributed by atoms with E-state index >= 15 is 0 Å². The van der Waals surface area contributed by atoms with Crippen LogP contribution >= 0.6 is 0 Å². The molecule has 0 aliphatic rings. The minimum absolute atomic E-state index is 0.0190. The Morgan fingerprint density at radius 2 is 1.80 bits per heavy atom. The Kier molecular flexibility index (Phi) is 7.44. The number of amides is 1. The van der Waals surface area contributed by atoms with Gasteiger partial charge in [0.1, 0.15) is 5.75 Å². The normalized spacial score (nSPS) is 13.1.